The normalized spacial score (nSPS) is 20.0. The van der Waals surface area contributed by atoms with Crippen LogP contribution in [0.25, 0.3) is 10.8 Å². The van der Waals surface area contributed by atoms with Crippen molar-refractivity contribution < 1.29 is 8.42 Å². The summed E-state index contributed by atoms with van der Waals surface area (Å²) in [5, 5.41) is 2.35. The Morgan fingerprint density at radius 2 is 2.05 bits per heavy atom. The summed E-state index contributed by atoms with van der Waals surface area (Å²) in [6, 6.07) is 8.21. The van der Waals surface area contributed by atoms with Crippen LogP contribution in [-0.4, -0.2) is 49.2 Å². The average Bonchev–Trinajstić information content (AvgIpc) is 2.97. The van der Waals surface area contributed by atoms with Crippen LogP contribution in [0.15, 0.2) is 36.7 Å². The first-order chi connectivity index (χ1) is 10.5. The molecule has 6 heteroatoms. The smallest absolute Gasteiger partial charge is 0.264 e. The van der Waals surface area contributed by atoms with E-state index in [1.807, 2.05) is 24.5 Å². The maximum absolute atomic E-state index is 12.2. The Bertz CT molecular complexity index is 769. The van der Waals surface area contributed by atoms with Gasteiger partial charge in [0.25, 0.3) is 10.2 Å². The van der Waals surface area contributed by atoms with Gasteiger partial charge in [-0.25, -0.2) is 0 Å². The quantitative estimate of drug-likeness (QED) is 0.865. The molecule has 1 atom stereocenters. The maximum Gasteiger partial charge on any atom is 0.281 e. The summed E-state index contributed by atoms with van der Waals surface area (Å²) in [4.78, 5) is 4.31. The van der Waals surface area contributed by atoms with Crippen molar-refractivity contribution in [3.05, 3.63) is 42.2 Å². The van der Waals surface area contributed by atoms with E-state index in [1.165, 1.54) is 15.3 Å². The third-order valence-electron chi connectivity index (χ3n) is 4.30. The van der Waals surface area contributed by atoms with Gasteiger partial charge in [-0.2, -0.15) is 17.0 Å². The van der Waals surface area contributed by atoms with Gasteiger partial charge in [-0.15, -0.1) is 0 Å². The van der Waals surface area contributed by atoms with E-state index in [-0.39, 0.29) is 0 Å². The molecular weight excluding hydrogens is 298 g/mol. The molecule has 0 amide bonds. The van der Waals surface area contributed by atoms with Gasteiger partial charge in [0, 0.05) is 45.0 Å². The summed E-state index contributed by atoms with van der Waals surface area (Å²) in [5.74, 6) is 0.349. The van der Waals surface area contributed by atoms with Gasteiger partial charge in [0.1, 0.15) is 0 Å². The van der Waals surface area contributed by atoms with Crippen LogP contribution in [0.5, 0.6) is 0 Å². The molecule has 1 aliphatic rings. The first kappa shape index (κ1) is 15.4. The van der Waals surface area contributed by atoms with E-state index >= 15 is 0 Å². The van der Waals surface area contributed by atoms with E-state index in [9.17, 15) is 8.42 Å². The maximum atomic E-state index is 12.2. The highest BCUT2D eigenvalue weighted by molar-refractivity contribution is 7.86. The van der Waals surface area contributed by atoms with Crippen LogP contribution in [0.2, 0.25) is 0 Å². The molecule has 0 N–H and O–H groups in total. The topological polar surface area (TPSA) is 53.5 Å². The van der Waals surface area contributed by atoms with Crippen molar-refractivity contribution in [1.82, 2.24) is 13.6 Å². The third-order valence-corrected chi connectivity index (χ3v) is 6.20. The Balaban J connectivity index is 1.78. The number of hydrogen-bond acceptors (Lipinski definition) is 3. The second-order valence-electron chi connectivity index (χ2n) is 6.03. The number of pyridine rings is 1. The van der Waals surface area contributed by atoms with Gasteiger partial charge in [0.2, 0.25) is 0 Å². The summed E-state index contributed by atoms with van der Waals surface area (Å²) < 4.78 is 27.2. The predicted octanol–water partition coefficient (Wildman–Crippen LogP) is 1.91. The van der Waals surface area contributed by atoms with E-state index in [1.54, 1.807) is 18.4 Å². The molecule has 0 spiro atoms. The zero-order valence-electron chi connectivity index (χ0n) is 12.9. The fraction of sp³-hybridized carbons (Fsp3) is 0.438. The van der Waals surface area contributed by atoms with Gasteiger partial charge in [0.05, 0.1) is 0 Å². The monoisotopic (exact) mass is 319 g/mol. The molecule has 22 heavy (non-hydrogen) atoms. The molecule has 1 aliphatic heterocycles. The molecule has 0 aliphatic carbocycles. The molecule has 0 bridgehead atoms. The van der Waals surface area contributed by atoms with Crippen molar-refractivity contribution in [3.63, 3.8) is 0 Å². The van der Waals surface area contributed by atoms with Gasteiger partial charge in [0.15, 0.2) is 0 Å². The highest BCUT2D eigenvalue weighted by Crippen LogP contribution is 2.26. The van der Waals surface area contributed by atoms with Crippen LogP contribution in [0, 0.1) is 5.92 Å². The summed E-state index contributed by atoms with van der Waals surface area (Å²) in [5.41, 5.74) is 1.20. The van der Waals surface area contributed by atoms with Gasteiger partial charge in [-0.3, -0.25) is 4.98 Å². The summed E-state index contributed by atoms with van der Waals surface area (Å²) in [7, 11) is -0.132. The van der Waals surface area contributed by atoms with Gasteiger partial charge in [-0.1, -0.05) is 24.3 Å². The summed E-state index contributed by atoms with van der Waals surface area (Å²) in [6.45, 7) is 1.19. The highest BCUT2D eigenvalue weighted by atomic mass is 32.2. The summed E-state index contributed by atoms with van der Waals surface area (Å²) >= 11 is 0. The SMILES string of the molecule is CN(C)S(=O)(=O)N1CCC(Cc2cncc3ccccc23)C1. The predicted molar refractivity (Wildman–Crippen MR) is 87.7 cm³/mol. The molecule has 0 radical (unpaired) electrons. The number of nitrogens with zero attached hydrogens (tertiary/aromatic N) is 3. The lowest BCUT2D eigenvalue weighted by Gasteiger charge is -2.21. The fourth-order valence-electron chi connectivity index (χ4n) is 3.06. The minimum absolute atomic E-state index is 0.349. The molecule has 2 heterocycles. The molecule has 1 fully saturated rings. The standard InChI is InChI=1S/C16H21N3O2S/c1-18(2)22(20,21)19-8-7-13(12-19)9-15-11-17-10-14-5-3-4-6-16(14)15/h3-6,10-11,13H,7-9,12H2,1-2H3. The Morgan fingerprint density at radius 3 is 2.82 bits per heavy atom. The fourth-order valence-corrected chi connectivity index (χ4v) is 4.25. The van der Waals surface area contributed by atoms with Crippen LogP contribution in [-0.2, 0) is 16.6 Å². The van der Waals surface area contributed by atoms with Crippen LogP contribution in [0.3, 0.4) is 0 Å². The highest BCUT2D eigenvalue weighted by Gasteiger charge is 2.32. The zero-order chi connectivity index (χ0) is 15.7. The lowest BCUT2D eigenvalue weighted by molar-refractivity contribution is 0.410. The van der Waals surface area contributed by atoms with Crippen molar-refractivity contribution in [2.24, 2.45) is 5.92 Å². The zero-order valence-corrected chi connectivity index (χ0v) is 13.8. The third kappa shape index (κ3) is 2.86. The van der Waals surface area contributed by atoms with Crippen molar-refractivity contribution in [2.75, 3.05) is 27.2 Å². The van der Waals surface area contributed by atoms with E-state index in [0.29, 0.717) is 19.0 Å². The number of rotatable bonds is 4. The molecular formula is C16H21N3O2S. The Kier molecular flexibility index (Phi) is 4.16. The Labute approximate surface area is 131 Å². The lowest BCUT2D eigenvalue weighted by atomic mass is 9.96. The van der Waals surface area contributed by atoms with Crippen LogP contribution in [0.4, 0.5) is 0 Å². The lowest BCUT2D eigenvalue weighted by Crippen LogP contribution is -2.38. The number of aromatic nitrogens is 1. The van der Waals surface area contributed by atoms with Crippen LogP contribution >= 0.6 is 0 Å². The molecule has 118 valence electrons. The van der Waals surface area contributed by atoms with Crippen molar-refractivity contribution >= 4 is 21.0 Å². The van der Waals surface area contributed by atoms with E-state index < -0.39 is 10.2 Å². The molecule has 1 aromatic carbocycles. The van der Waals surface area contributed by atoms with Crippen molar-refractivity contribution in [3.8, 4) is 0 Å². The first-order valence-electron chi connectivity index (χ1n) is 7.47. The molecule has 3 rings (SSSR count). The Hall–Kier alpha value is -1.50. The van der Waals surface area contributed by atoms with Crippen molar-refractivity contribution in [2.45, 2.75) is 12.8 Å². The number of benzene rings is 1. The minimum Gasteiger partial charge on any atom is -0.264 e. The second kappa shape index (κ2) is 5.95. The molecule has 2 aromatic rings. The number of hydrogen-bond donors (Lipinski definition) is 0. The molecule has 0 saturated carbocycles. The van der Waals surface area contributed by atoms with Gasteiger partial charge in [-0.05, 0) is 29.7 Å². The van der Waals surface area contributed by atoms with Gasteiger partial charge >= 0.3 is 0 Å². The van der Waals surface area contributed by atoms with Crippen LogP contribution in [0.1, 0.15) is 12.0 Å². The molecule has 1 unspecified atom stereocenters. The minimum atomic E-state index is -3.29. The molecule has 5 nitrogen and oxygen atoms in total. The Morgan fingerprint density at radius 1 is 1.27 bits per heavy atom. The summed E-state index contributed by atoms with van der Waals surface area (Å²) in [6.07, 6.45) is 5.55. The average molecular weight is 319 g/mol. The first-order valence-corrected chi connectivity index (χ1v) is 8.87. The van der Waals surface area contributed by atoms with E-state index in [2.05, 4.69) is 17.1 Å². The molecule has 1 aromatic heterocycles. The van der Waals surface area contributed by atoms with Gasteiger partial charge < -0.3 is 0 Å². The second-order valence-corrected chi connectivity index (χ2v) is 8.17. The molecule has 1 saturated heterocycles. The van der Waals surface area contributed by atoms with E-state index in [0.717, 1.165) is 18.2 Å². The van der Waals surface area contributed by atoms with E-state index in [4.69, 9.17) is 0 Å². The van der Waals surface area contributed by atoms with Crippen molar-refractivity contribution in [1.29, 1.82) is 0 Å². The van der Waals surface area contributed by atoms with Crippen LogP contribution < -0.4 is 0 Å². The number of fused-ring (bicyclic) bond motifs is 1. The largest absolute Gasteiger partial charge is 0.281 e.